The average molecular weight is 535 g/mol. The summed E-state index contributed by atoms with van der Waals surface area (Å²) in [6, 6.07) is 13.2. The zero-order valence-corrected chi connectivity index (χ0v) is 20.9. The zero-order chi connectivity index (χ0) is 27.1. The Bertz CT molecular complexity index is 1680. The number of hydrogen-bond acceptors (Lipinski definition) is 7. The summed E-state index contributed by atoms with van der Waals surface area (Å²) >= 11 is 0.740. The number of nitrogens with one attached hydrogen (secondary N) is 1. The van der Waals surface area contributed by atoms with E-state index in [4.69, 9.17) is 0 Å². The third kappa shape index (κ3) is 4.63. The number of benzene rings is 3. The first kappa shape index (κ1) is 25.2. The Hall–Kier alpha value is -4.51. The van der Waals surface area contributed by atoms with E-state index < -0.39 is 28.7 Å². The van der Waals surface area contributed by atoms with E-state index in [0.29, 0.717) is 11.3 Å². The van der Waals surface area contributed by atoms with E-state index in [2.05, 4.69) is 15.5 Å². The second-order valence-electron chi connectivity index (χ2n) is 8.84. The van der Waals surface area contributed by atoms with Crippen LogP contribution in [0.1, 0.15) is 30.9 Å². The van der Waals surface area contributed by atoms with Crippen LogP contribution >= 0.6 is 11.8 Å². The van der Waals surface area contributed by atoms with Crippen LogP contribution in [0, 0.1) is 11.6 Å². The van der Waals surface area contributed by atoms with Gasteiger partial charge in [0.05, 0.1) is 10.4 Å². The molecule has 5 rings (SSSR count). The summed E-state index contributed by atoms with van der Waals surface area (Å²) in [5.74, 6) is -2.78. The van der Waals surface area contributed by atoms with E-state index in [1.807, 2.05) is 26.0 Å². The molecule has 0 unspecified atom stereocenters. The number of halogens is 2. The highest BCUT2D eigenvalue weighted by molar-refractivity contribution is 8.18. The number of aromatic hydroxyl groups is 2. The SMILES string of the molecule is CC(C)c1ccc(-n2c(O)c(N=Nc3ccc(/C=C4/SC(=O)NC4=O)cc3O)c3cc(F)cc(F)c32)cc1. The van der Waals surface area contributed by atoms with E-state index in [0.717, 1.165) is 29.5 Å². The second kappa shape index (κ2) is 9.75. The van der Waals surface area contributed by atoms with Gasteiger partial charge in [-0.2, -0.15) is 0 Å². The van der Waals surface area contributed by atoms with Crippen LogP contribution in [0.2, 0.25) is 0 Å². The van der Waals surface area contributed by atoms with Gasteiger partial charge in [-0.3, -0.25) is 19.5 Å². The quantitative estimate of drug-likeness (QED) is 0.185. The minimum Gasteiger partial charge on any atom is -0.506 e. The molecule has 1 saturated heterocycles. The number of phenols is 1. The van der Waals surface area contributed by atoms with E-state index in [1.165, 1.54) is 28.8 Å². The Labute approximate surface area is 219 Å². The smallest absolute Gasteiger partial charge is 0.290 e. The standard InChI is InChI=1S/C27H20F2N4O4S/c1-13(2)15-4-6-17(7-5-15)33-24-18(11-16(28)12-19(24)29)23(26(33)36)32-31-20-8-3-14(9-21(20)34)10-22-25(35)30-27(37)38-22/h3-13,34,36H,1-2H3,(H,30,35,37)/b22-10+,32-31?. The Balaban J connectivity index is 1.56. The lowest BCUT2D eigenvalue weighted by molar-refractivity contribution is -0.115. The lowest BCUT2D eigenvalue weighted by atomic mass is 10.0. The fourth-order valence-corrected chi connectivity index (χ4v) is 4.74. The third-order valence-electron chi connectivity index (χ3n) is 5.95. The second-order valence-corrected chi connectivity index (χ2v) is 9.85. The van der Waals surface area contributed by atoms with Gasteiger partial charge in [0.2, 0.25) is 5.88 Å². The summed E-state index contributed by atoms with van der Waals surface area (Å²) < 4.78 is 30.3. The summed E-state index contributed by atoms with van der Waals surface area (Å²) in [7, 11) is 0. The molecule has 1 aliphatic heterocycles. The number of thioether (sulfide) groups is 1. The van der Waals surface area contributed by atoms with Gasteiger partial charge in [-0.05, 0) is 65.2 Å². The fourth-order valence-electron chi connectivity index (χ4n) is 4.06. The predicted molar refractivity (Wildman–Crippen MR) is 140 cm³/mol. The lowest BCUT2D eigenvalue weighted by Gasteiger charge is -2.10. The number of nitrogens with zero attached hydrogens (tertiary/aromatic N) is 3. The molecule has 0 radical (unpaired) electrons. The van der Waals surface area contributed by atoms with Crippen LogP contribution in [0.5, 0.6) is 11.6 Å². The first-order chi connectivity index (χ1) is 18.1. The Morgan fingerprint density at radius 2 is 1.74 bits per heavy atom. The Morgan fingerprint density at radius 1 is 1.00 bits per heavy atom. The van der Waals surface area contributed by atoms with Gasteiger partial charge in [0.15, 0.2) is 11.5 Å². The normalized spacial score (nSPS) is 14.9. The first-order valence-corrected chi connectivity index (χ1v) is 12.3. The summed E-state index contributed by atoms with van der Waals surface area (Å²) in [6.45, 7) is 4.06. The Morgan fingerprint density at radius 3 is 2.37 bits per heavy atom. The van der Waals surface area contributed by atoms with Gasteiger partial charge in [0.1, 0.15) is 17.3 Å². The zero-order valence-electron chi connectivity index (χ0n) is 20.1. The minimum atomic E-state index is -0.891. The number of hydrogen-bond donors (Lipinski definition) is 3. The van der Waals surface area contributed by atoms with Crippen molar-refractivity contribution in [3.63, 3.8) is 0 Å². The van der Waals surface area contributed by atoms with Gasteiger partial charge in [0.25, 0.3) is 11.1 Å². The topological polar surface area (TPSA) is 116 Å². The molecule has 0 aliphatic carbocycles. The maximum Gasteiger partial charge on any atom is 0.290 e. The van der Waals surface area contributed by atoms with Crippen LogP contribution < -0.4 is 5.32 Å². The molecule has 0 atom stereocenters. The number of phenolic OH excluding ortho intramolecular Hbond substituents is 1. The van der Waals surface area contributed by atoms with Crippen molar-refractivity contribution in [3.8, 4) is 17.3 Å². The molecule has 3 N–H and O–H groups in total. The van der Waals surface area contributed by atoms with Gasteiger partial charge < -0.3 is 10.2 Å². The van der Waals surface area contributed by atoms with Gasteiger partial charge in [-0.1, -0.05) is 32.0 Å². The van der Waals surface area contributed by atoms with Crippen molar-refractivity contribution in [1.29, 1.82) is 0 Å². The van der Waals surface area contributed by atoms with Crippen LogP contribution in [0.3, 0.4) is 0 Å². The number of fused-ring (bicyclic) bond motifs is 1. The van der Waals surface area contributed by atoms with Crippen molar-refractivity contribution >= 4 is 51.3 Å². The highest BCUT2D eigenvalue weighted by Gasteiger charge is 2.25. The van der Waals surface area contributed by atoms with Crippen molar-refractivity contribution < 1.29 is 28.6 Å². The molecule has 0 bridgehead atoms. The van der Waals surface area contributed by atoms with Crippen LogP contribution in [0.25, 0.3) is 22.7 Å². The molecule has 0 spiro atoms. The molecule has 1 aromatic heterocycles. The van der Waals surface area contributed by atoms with E-state index in [-0.39, 0.29) is 38.9 Å². The molecule has 3 aromatic carbocycles. The summed E-state index contributed by atoms with van der Waals surface area (Å²) in [6.07, 6.45) is 1.43. The van der Waals surface area contributed by atoms with Gasteiger partial charge in [-0.15, -0.1) is 10.2 Å². The van der Waals surface area contributed by atoms with E-state index >= 15 is 0 Å². The number of carbonyl (C=O) groups excluding carboxylic acids is 2. The monoisotopic (exact) mass is 534 g/mol. The van der Waals surface area contributed by atoms with E-state index in [1.54, 1.807) is 12.1 Å². The van der Waals surface area contributed by atoms with Gasteiger partial charge >= 0.3 is 0 Å². The fraction of sp³-hybridized carbons (Fsp3) is 0.111. The molecule has 2 amide bonds. The maximum absolute atomic E-state index is 14.9. The summed E-state index contributed by atoms with van der Waals surface area (Å²) in [5, 5.41) is 31.1. The average Bonchev–Trinajstić information content (AvgIpc) is 3.33. The number of azo groups is 1. The molecule has 11 heteroatoms. The molecule has 1 aliphatic rings. The number of rotatable bonds is 5. The molecule has 8 nitrogen and oxygen atoms in total. The van der Waals surface area contributed by atoms with Crippen LogP contribution in [-0.4, -0.2) is 25.9 Å². The number of carbonyl (C=O) groups is 2. The number of amides is 2. The van der Waals surface area contributed by atoms with E-state index in [9.17, 15) is 28.6 Å². The van der Waals surface area contributed by atoms with Crippen LogP contribution in [-0.2, 0) is 4.79 Å². The van der Waals surface area contributed by atoms with Crippen LogP contribution in [0.15, 0.2) is 69.7 Å². The first-order valence-electron chi connectivity index (χ1n) is 11.4. The molecule has 1 fully saturated rings. The van der Waals surface area contributed by atoms with Crippen molar-refractivity contribution in [2.75, 3.05) is 0 Å². The third-order valence-corrected chi connectivity index (χ3v) is 6.76. The van der Waals surface area contributed by atoms with Crippen LogP contribution in [0.4, 0.5) is 25.0 Å². The molecule has 0 saturated carbocycles. The highest BCUT2D eigenvalue weighted by Crippen LogP contribution is 2.43. The summed E-state index contributed by atoms with van der Waals surface area (Å²) in [4.78, 5) is 23.3. The molecular formula is C27H20F2N4O4S. The Kier molecular flexibility index (Phi) is 6.45. The van der Waals surface area contributed by atoms with Crippen molar-refractivity contribution in [2.45, 2.75) is 19.8 Å². The number of imide groups is 1. The predicted octanol–water partition coefficient (Wildman–Crippen LogP) is 7.18. The van der Waals surface area contributed by atoms with Gasteiger partial charge in [-0.25, -0.2) is 8.78 Å². The minimum absolute atomic E-state index is 0.00483. The van der Waals surface area contributed by atoms with Gasteiger partial charge in [0, 0.05) is 17.1 Å². The van der Waals surface area contributed by atoms with Crippen molar-refractivity contribution in [1.82, 2.24) is 9.88 Å². The molecule has 38 heavy (non-hydrogen) atoms. The van der Waals surface area contributed by atoms with Crippen molar-refractivity contribution in [3.05, 3.63) is 82.3 Å². The largest absolute Gasteiger partial charge is 0.506 e. The molecule has 4 aromatic rings. The lowest BCUT2D eigenvalue weighted by Crippen LogP contribution is -2.17. The maximum atomic E-state index is 14.9. The highest BCUT2D eigenvalue weighted by atomic mass is 32.2. The molecule has 2 heterocycles. The molecular weight excluding hydrogens is 514 g/mol. The summed E-state index contributed by atoms with van der Waals surface area (Å²) in [5.41, 5.74) is 1.66. The number of aromatic nitrogens is 1. The molecule has 192 valence electrons. The van der Waals surface area contributed by atoms with Crippen molar-refractivity contribution in [2.24, 2.45) is 10.2 Å².